The highest BCUT2D eigenvalue weighted by atomic mass is 32.3. The second kappa shape index (κ2) is 46.4. The topological polar surface area (TPSA) is 192 Å². The number of ether oxygens (including phenoxy) is 2. The lowest BCUT2D eigenvalue weighted by atomic mass is 9.99. The quantitative estimate of drug-likeness (QED) is 0.0193. The van der Waals surface area contributed by atoms with Crippen LogP contribution in [0.1, 0.15) is 271 Å². The molecule has 0 aromatic carbocycles. The molecule has 1 rings (SSSR count). The van der Waals surface area contributed by atoms with E-state index in [1.54, 1.807) is 6.08 Å². The Bertz CT molecular complexity index is 1320. The van der Waals surface area contributed by atoms with Gasteiger partial charge in [-0.05, 0) is 44.9 Å². The van der Waals surface area contributed by atoms with E-state index in [0.717, 1.165) is 44.9 Å². The minimum atomic E-state index is -5.09. The molecule has 12 nitrogen and oxygen atoms in total. The van der Waals surface area contributed by atoms with Crippen molar-refractivity contribution in [1.29, 1.82) is 0 Å². The Kier molecular flexibility index (Phi) is 44.1. The summed E-state index contributed by atoms with van der Waals surface area (Å²) in [5.41, 5.74) is 0. The number of hydrogen-bond acceptors (Lipinski definition) is 10. The average Bonchev–Trinajstić information content (AvgIpc) is 3.32. The molecule has 7 atom stereocenters. The summed E-state index contributed by atoms with van der Waals surface area (Å²) in [4.78, 5) is 13.1. The molecule has 0 aromatic rings. The first-order valence-corrected chi connectivity index (χ1v) is 30.1. The maximum Gasteiger partial charge on any atom is 0.397 e. The molecule has 13 heteroatoms. The number of carbonyl (C=O) groups is 1. The predicted molar refractivity (Wildman–Crippen MR) is 282 cm³/mol. The Labute approximate surface area is 422 Å². The SMILES string of the molecule is CCCCCCCCCC/C=C\CCCCCCCCCC(=O)NC(COC1OC(CO)C(O)C(OS(=O)(=O)O)C1O)C(O)/C=C/CCCCCCCCCCCCCCCCCCCCCCC. The van der Waals surface area contributed by atoms with E-state index in [0.29, 0.717) is 6.42 Å². The molecule has 408 valence electrons. The molecule has 0 radical (unpaired) electrons. The van der Waals surface area contributed by atoms with Crippen LogP contribution in [0.15, 0.2) is 24.3 Å². The van der Waals surface area contributed by atoms with Crippen molar-refractivity contribution in [2.75, 3.05) is 13.2 Å². The van der Waals surface area contributed by atoms with Crippen LogP contribution < -0.4 is 5.32 Å². The van der Waals surface area contributed by atoms with Gasteiger partial charge in [-0.15, -0.1) is 0 Å². The third-order valence-corrected chi connectivity index (χ3v) is 14.2. The van der Waals surface area contributed by atoms with E-state index in [1.165, 1.54) is 199 Å². The Morgan fingerprint density at radius 1 is 0.565 bits per heavy atom. The first-order valence-electron chi connectivity index (χ1n) is 28.7. The Morgan fingerprint density at radius 3 is 1.30 bits per heavy atom. The normalized spacial score (nSPS) is 19.8. The molecule has 1 amide bonds. The minimum Gasteiger partial charge on any atom is -0.394 e. The van der Waals surface area contributed by atoms with Crippen LogP contribution in [0.25, 0.3) is 0 Å². The molecule has 1 heterocycles. The summed E-state index contributed by atoms with van der Waals surface area (Å²) < 4.78 is 47.8. The number of allylic oxidation sites excluding steroid dienone is 3. The number of amides is 1. The van der Waals surface area contributed by atoms with E-state index >= 15 is 0 Å². The zero-order chi connectivity index (χ0) is 50.5. The predicted octanol–water partition coefficient (Wildman–Crippen LogP) is 13.2. The van der Waals surface area contributed by atoms with Crippen LogP contribution in [-0.2, 0) is 28.9 Å². The van der Waals surface area contributed by atoms with Gasteiger partial charge in [-0.25, -0.2) is 4.18 Å². The van der Waals surface area contributed by atoms with Crippen molar-refractivity contribution in [2.24, 2.45) is 0 Å². The molecule has 1 saturated heterocycles. The van der Waals surface area contributed by atoms with E-state index in [2.05, 4.69) is 35.5 Å². The fourth-order valence-corrected chi connectivity index (χ4v) is 9.78. The minimum absolute atomic E-state index is 0.263. The maximum atomic E-state index is 13.1. The van der Waals surface area contributed by atoms with Gasteiger partial charge in [-0.2, -0.15) is 8.42 Å². The molecule has 0 saturated carbocycles. The molecule has 1 aliphatic heterocycles. The van der Waals surface area contributed by atoms with Gasteiger partial charge in [0.1, 0.15) is 24.4 Å². The number of aliphatic hydroxyl groups excluding tert-OH is 4. The van der Waals surface area contributed by atoms with Crippen LogP contribution >= 0.6 is 0 Å². The van der Waals surface area contributed by atoms with Crippen molar-refractivity contribution in [3.05, 3.63) is 24.3 Å². The van der Waals surface area contributed by atoms with Gasteiger partial charge in [0.2, 0.25) is 5.91 Å². The van der Waals surface area contributed by atoms with Crippen molar-refractivity contribution in [1.82, 2.24) is 5.32 Å². The van der Waals surface area contributed by atoms with Crippen molar-refractivity contribution in [2.45, 2.75) is 314 Å². The van der Waals surface area contributed by atoms with E-state index in [-0.39, 0.29) is 18.9 Å². The number of aliphatic hydroxyl groups is 4. The molecule has 0 spiro atoms. The summed E-state index contributed by atoms with van der Waals surface area (Å²) in [6.45, 7) is 3.43. The highest BCUT2D eigenvalue weighted by molar-refractivity contribution is 7.80. The summed E-state index contributed by atoms with van der Waals surface area (Å²) in [6.07, 6.45) is 47.9. The molecule has 1 fully saturated rings. The molecular weight excluding hydrogens is 895 g/mol. The molecule has 7 unspecified atom stereocenters. The van der Waals surface area contributed by atoms with Crippen LogP contribution in [0.5, 0.6) is 0 Å². The lowest BCUT2D eigenvalue weighted by Crippen LogP contribution is -2.61. The Balaban J connectivity index is 2.39. The number of carbonyl (C=O) groups excluding carboxylic acids is 1. The van der Waals surface area contributed by atoms with E-state index < -0.39 is 59.9 Å². The van der Waals surface area contributed by atoms with Gasteiger partial charge in [-0.1, -0.05) is 244 Å². The monoisotopic (exact) mass is 1000 g/mol. The van der Waals surface area contributed by atoms with Crippen molar-refractivity contribution in [3.8, 4) is 0 Å². The Hall–Kier alpha value is -1.42. The molecule has 0 bridgehead atoms. The average molecular weight is 1000 g/mol. The number of nitrogens with one attached hydrogen (secondary N) is 1. The molecule has 1 aliphatic rings. The number of unbranched alkanes of at least 4 members (excludes halogenated alkanes) is 36. The van der Waals surface area contributed by atoms with Crippen LogP contribution in [0, 0.1) is 0 Å². The maximum absolute atomic E-state index is 13.1. The second-order valence-electron chi connectivity index (χ2n) is 20.2. The Morgan fingerprint density at radius 2 is 0.928 bits per heavy atom. The summed E-state index contributed by atoms with van der Waals surface area (Å²) in [7, 11) is -5.09. The second-order valence-corrected chi connectivity index (χ2v) is 21.3. The van der Waals surface area contributed by atoms with Crippen LogP contribution in [0.2, 0.25) is 0 Å². The molecule has 6 N–H and O–H groups in total. The lowest BCUT2D eigenvalue weighted by Gasteiger charge is -2.41. The van der Waals surface area contributed by atoms with Gasteiger partial charge >= 0.3 is 10.4 Å². The van der Waals surface area contributed by atoms with Gasteiger partial charge in [0, 0.05) is 6.42 Å². The summed E-state index contributed by atoms with van der Waals surface area (Å²) in [5, 5.41) is 45.0. The highest BCUT2D eigenvalue weighted by Gasteiger charge is 2.48. The van der Waals surface area contributed by atoms with Crippen LogP contribution in [0.3, 0.4) is 0 Å². The van der Waals surface area contributed by atoms with Gasteiger partial charge in [-0.3, -0.25) is 9.35 Å². The van der Waals surface area contributed by atoms with Gasteiger partial charge < -0.3 is 35.2 Å². The van der Waals surface area contributed by atoms with Gasteiger partial charge in [0.25, 0.3) is 0 Å². The smallest absolute Gasteiger partial charge is 0.394 e. The molecular formula is C56H107NO11S. The fourth-order valence-electron chi connectivity index (χ4n) is 9.28. The molecule has 0 aliphatic carbocycles. The number of rotatable bonds is 50. The highest BCUT2D eigenvalue weighted by Crippen LogP contribution is 2.26. The third-order valence-electron chi connectivity index (χ3n) is 13.7. The number of hydrogen-bond donors (Lipinski definition) is 6. The zero-order valence-electron chi connectivity index (χ0n) is 44.1. The summed E-state index contributed by atoms with van der Waals surface area (Å²) in [5.74, 6) is -0.263. The lowest BCUT2D eigenvalue weighted by molar-refractivity contribution is -0.298. The van der Waals surface area contributed by atoms with Crippen molar-refractivity contribution < 1.29 is 51.8 Å². The van der Waals surface area contributed by atoms with Crippen molar-refractivity contribution >= 4 is 16.3 Å². The van der Waals surface area contributed by atoms with Crippen LogP contribution in [0.4, 0.5) is 0 Å². The third kappa shape index (κ3) is 38.8. The van der Waals surface area contributed by atoms with Gasteiger partial charge in [0.05, 0.1) is 25.4 Å². The fraction of sp³-hybridized carbons (Fsp3) is 0.911. The van der Waals surface area contributed by atoms with E-state index in [4.69, 9.17) is 9.47 Å². The standard InChI is InChI=1S/C56H107NO11S/c1-3-5-7-9-11-13-15-17-19-21-23-24-25-26-28-29-31-33-35-37-39-41-43-45-50(59)49(48-66-56-54(62)55(68-69(63,64)65)53(61)51(47-58)67-56)57-52(60)46-44-42-40-38-36-34-32-30-27-22-20-18-16-14-12-10-8-6-4-2/h22,27,43,45,49-51,53-56,58-59,61-62H,3-21,23-26,28-42,44,46-48H2,1-2H3,(H,57,60)(H,63,64,65)/b27-22-,45-43+. The molecule has 69 heavy (non-hydrogen) atoms. The zero-order valence-corrected chi connectivity index (χ0v) is 45.0. The van der Waals surface area contributed by atoms with E-state index in [9.17, 15) is 38.2 Å². The summed E-state index contributed by atoms with van der Waals surface area (Å²) in [6, 6.07) is -0.945. The van der Waals surface area contributed by atoms with Crippen LogP contribution in [-0.4, -0.2) is 95.4 Å². The summed E-state index contributed by atoms with van der Waals surface area (Å²) >= 11 is 0. The first-order chi connectivity index (χ1) is 33.5. The largest absolute Gasteiger partial charge is 0.397 e. The molecule has 0 aromatic heterocycles. The first kappa shape index (κ1) is 65.6. The van der Waals surface area contributed by atoms with E-state index in [1.807, 2.05) is 6.08 Å². The van der Waals surface area contributed by atoms with Gasteiger partial charge in [0.15, 0.2) is 6.29 Å². The van der Waals surface area contributed by atoms with Crippen molar-refractivity contribution in [3.63, 3.8) is 0 Å².